The van der Waals surface area contributed by atoms with Crippen molar-refractivity contribution >= 4 is 0 Å². The number of aromatic nitrogens is 2. The average Bonchev–Trinajstić information content (AvgIpc) is 2.80. The normalized spacial score (nSPS) is 12.7. The third-order valence-electron chi connectivity index (χ3n) is 2.67. The van der Waals surface area contributed by atoms with E-state index in [2.05, 4.69) is 15.5 Å². The van der Waals surface area contributed by atoms with Crippen LogP contribution in [0.15, 0.2) is 22.6 Å². The van der Waals surface area contributed by atoms with Gasteiger partial charge in [0.1, 0.15) is 17.2 Å². The molecule has 0 spiro atoms. The number of hydrogen-bond acceptors (Lipinski definition) is 4. The third kappa shape index (κ3) is 2.24. The van der Waals surface area contributed by atoms with Gasteiger partial charge in [0.05, 0.1) is 6.04 Å². The Bertz CT molecular complexity index is 518. The van der Waals surface area contributed by atoms with Crippen molar-refractivity contribution < 1.29 is 13.2 Å². The molecule has 1 N–H and O–H groups in total. The smallest absolute Gasteiger partial charge is 0.253 e. The molecule has 4 nitrogen and oxygen atoms in total. The van der Waals surface area contributed by atoms with Gasteiger partial charge in [-0.05, 0) is 25.6 Å². The van der Waals surface area contributed by atoms with Crippen molar-refractivity contribution in [3.05, 3.63) is 35.7 Å². The second-order valence-corrected chi connectivity index (χ2v) is 3.79. The standard InChI is InChI=1S/C12H13F2N3O/c1-3-9(15-2)11-16-17-12(18-11)10-7(13)5-4-6-8(10)14/h4-6,9,15H,3H2,1-2H3. The van der Waals surface area contributed by atoms with Gasteiger partial charge in [0.15, 0.2) is 0 Å². The summed E-state index contributed by atoms with van der Waals surface area (Å²) in [6.07, 6.45) is 0.734. The number of nitrogens with one attached hydrogen (secondary N) is 1. The topological polar surface area (TPSA) is 51.0 Å². The van der Waals surface area contributed by atoms with E-state index in [-0.39, 0.29) is 17.5 Å². The van der Waals surface area contributed by atoms with Crippen molar-refractivity contribution in [2.24, 2.45) is 0 Å². The Labute approximate surface area is 103 Å². The van der Waals surface area contributed by atoms with Crippen LogP contribution in [0, 0.1) is 11.6 Å². The van der Waals surface area contributed by atoms with E-state index in [1.165, 1.54) is 6.07 Å². The molecule has 2 rings (SSSR count). The molecule has 0 radical (unpaired) electrons. The van der Waals surface area contributed by atoms with E-state index in [9.17, 15) is 8.78 Å². The highest BCUT2D eigenvalue weighted by Crippen LogP contribution is 2.26. The van der Waals surface area contributed by atoms with Crippen LogP contribution < -0.4 is 5.32 Å². The van der Waals surface area contributed by atoms with Crippen molar-refractivity contribution in [3.63, 3.8) is 0 Å². The number of benzene rings is 1. The van der Waals surface area contributed by atoms with Crippen LogP contribution in [0.3, 0.4) is 0 Å². The Kier molecular flexibility index (Phi) is 3.66. The van der Waals surface area contributed by atoms with Crippen molar-refractivity contribution in [2.45, 2.75) is 19.4 Å². The molecule has 0 amide bonds. The van der Waals surface area contributed by atoms with Gasteiger partial charge in [0, 0.05) is 0 Å². The quantitative estimate of drug-likeness (QED) is 0.910. The lowest BCUT2D eigenvalue weighted by molar-refractivity contribution is 0.412. The summed E-state index contributed by atoms with van der Waals surface area (Å²) in [6.45, 7) is 1.94. The van der Waals surface area contributed by atoms with Gasteiger partial charge in [0.25, 0.3) is 5.89 Å². The largest absolute Gasteiger partial charge is 0.419 e. The molecule has 0 aliphatic rings. The van der Waals surface area contributed by atoms with Gasteiger partial charge in [-0.3, -0.25) is 0 Å². The first-order valence-corrected chi connectivity index (χ1v) is 5.62. The third-order valence-corrected chi connectivity index (χ3v) is 2.67. The molecule has 18 heavy (non-hydrogen) atoms. The number of halogens is 2. The van der Waals surface area contributed by atoms with E-state index in [0.29, 0.717) is 5.89 Å². The Hall–Kier alpha value is -1.82. The Balaban J connectivity index is 2.41. The fraction of sp³-hybridized carbons (Fsp3) is 0.333. The molecule has 0 fully saturated rings. The predicted octanol–water partition coefficient (Wildman–Crippen LogP) is 2.69. The van der Waals surface area contributed by atoms with Gasteiger partial charge >= 0.3 is 0 Å². The summed E-state index contributed by atoms with van der Waals surface area (Å²) < 4.78 is 32.4. The first-order valence-electron chi connectivity index (χ1n) is 5.62. The molecule has 0 bridgehead atoms. The monoisotopic (exact) mass is 253 g/mol. The molecule has 1 unspecified atom stereocenters. The molecule has 1 aromatic heterocycles. The maximum atomic E-state index is 13.5. The SMILES string of the molecule is CCC(NC)c1nnc(-c2c(F)cccc2F)o1. The minimum Gasteiger partial charge on any atom is -0.419 e. The summed E-state index contributed by atoms with van der Waals surface area (Å²) in [7, 11) is 1.75. The van der Waals surface area contributed by atoms with Gasteiger partial charge in [-0.15, -0.1) is 10.2 Å². The van der Waals surface area contributed by atoms with Gasteiger partial charge in [-0.25, -0.2) is 8.78 Å². The molecule has 0 aliphatic heterocycles. The fourth-order valence-corrected chi connectivity index (χ4v) is 1.68. The van der Waals surface area contributed by atoms with Crippen LogP contribution in [0.25, 0.3) is 11.5 Å². The first kappa shape index (κ1) is 12.6. The highest BCUT2D eigenvalue weighted by Gasteiger charge is 2.20. The van der Waals surface area contributed by atoms with E-state index < -0.39 is 11.6 Å². The molecular weight excluding hydrogens is 240 g/mol. The van der Waals surface area contributed by atoms with Crippen molar-refractivity contribution in [2.75, 3.05) is 7.05 Å². The van der Waals surface area contributed by atoms with Gasteiger partial charge in [-0.1, -0.05) is 13.0 Å². The minimum atomic E-state index is -0.720. The van der Waals surface area contributed by atoms with Crippen LogP contribution in [-0.2, 0) is 0 Å². The van der Waals surface area contributed by atoms with E-state index in [4.69, 9.17) is 4.42 Å². The van der Waals surface area contributed by atoms with Crippen LogP contribution in [0.1, 0.15) is 25.3 Å². The molecular formula is C12H13F2N3O. The van der Waals surface area contributed by atoms with E-state index >= 15 is 0 Å². The lowest BCUT2D eigenvalue weighted by Gasteiger charge is -2.07. The average molecular weight is 253 g/mol. The Morgan fingerprint density at radius 2 is 1.94 bits per heavy atom. The molecule has 6 heteroatoms. The molecule has 1 aromatic carbocycles. The summed E-state index contributed by atoms with van der Waals surface area (Å²) in [5.41, 5.74) is -0.290. The van der Waals surface area contributed by atoms with Gasteiger partial charge in [-0.2, -0.15) is 0 Å². The molecule has 1 atom stereocenters. The highest BCUT2D eigenvalue weighted by molar-refractivity contribution is 5.54. The Morgan fingerprint density at radius 3 is 2.50 bits per heavy atom. The molecule has 0 saturated heterocycles. The fourth-order valence-electron chi connectivity index (χ4n) is 1.68. The second kappa shape index (κ2) is 5.22. The highest BCUT2D eigenvalue weighted by atomic mass is 19.1. The van der Waals surface area contributed by atoms with Crippen LogP contribution >= 0.6 is 0 Å². The zero-order valence-corrected chi connectivity index (χ0v) is 10.1. The summed E-state index contributed by atoms with van der Waals surface area (Å²) in [5, 5.41) is 10.5. The van der Waals surface area contributed by atoms with Crippen molar-refractivity contribution in [3.8, 4) is 11.5 Å². The number of hydrogen-bond donors (Lipinski definition) is 1. The second-order valence-electron chi connectivity index (χ2n) is 3.79. The van der Waals surface area contributed by atoms with E-state index in [1.807, 2.05) is 6.92 Å². The van der Waals surface area contributed by atoms with Crippen LogP contribution in [0.2, 0.25) is 0 Å². The maximum Gasteiger partial charge on any atom is 0.253 e. The summed E-state index contributed by atoms with van der Waals surface area (Å²) in [4.78, 5) is 0. The number of nitrogens with zero attached hydrogens (tertiary/aromatic N) is 2. The summed E-state index contributed by atoms with van der Waals surface area (Å²) >= 11 is 0. The lowest BCUT2D eigenvalue weighted by Crippen LogP contribution is -2.15. The maximum absolute atomic E-state index is 13.5. The van der Waals surface area contributed by atoms with E-state index in [1.54, 1.807) is 7.05 Å². The van der Waals surface area contributed by atoms with Crippen molar-refractivity contribution in [1.82, 2.24) is 15.5 Å². The molecule has 0 saturated carbocycles. The lowest BCUT2D eigenvalue weighted by atomic mass is 10.2. The zero-order chi connectivity index (χ0) is 13.1. The first-order chi connectivity index (χ1) is 8.67. The van der Waals surface area contributed by atoms with Crippen LogP contribution in [-0.4, -0.2) is 17.2 Å². The molecule has 96 valence electrons. The minimum absolute atomic E-state index is 0.124. The summed E-state index contributed by atoms with van der Waals surface area (Å²) in [5.74, 6) is -1.27. The summed E-state index contributed by atoms with van der Waals surface area (Å²) in [6, 6.07) is 3.46. The van der Waals surface area contributed by atoms with Gasteiger partial charge < -0.3 is 9.73 Å². The van der Waals surface area contributed by atoms with Gasteiger partial charge in [0.2, 0.25) is 5.89 Å². The number of rotatable bonds is 4. The molecule has 2 aromatic rings. The zero-order valence-electron chi connectivity index (χ0n) is 10.1. The Morgan fingerprint density at radius 1 is 1.28 bits per heavy atom. The molecule has 1 heterocycles. The van der Waals surface area contributed by atoms with Crippen LogP contribution in [0.5, 0.6) is 0 Å². The molecule has 0 aliphatic carbocycles. The predicted molar refractivity (Wildman–Crippen MR) is 61.7 cm³/mol. The van der Waals surface area contributed by atoms with Crippen LogP contribution in [0.4, 0.5) is 8.78 Å². The van der Waals surface area contributed by atoms with Crippen molar-refractivity contribution in [1.29, 1.82) is 0 Å². The van der Waals surface area contributed by atoms with E-state index in [0.717, 1.165) is 18.6 Å².